The molecule has 3 aromatic rings. The molecule has 0 aliphatic carbocycles. The third-order valence-electron chi connectivity index (χ3n) is 5.45. The van der Waals surface area contributed by atoms with Crippen LogP contribution in [-0.4, -0.2) is 42.9 Å². The molecule has 0 saturated carbocycles. The standard InChI is InChI=1S/C23H22ClFN2O3/c1-13-11-18-15(12-16(13)24)21(28)19-20(14-7-4-5-8-17(14)25)27(10-6-9-26(2)3)23(29)22(19)30-18/h4-5,7-8,11-12,20H,6,9-10H2,1-3H3/t20-/m1/s1. The lowest BCUT2D eigenvalue weighted by Gasteiger charge is -2.26. The molecule has 4 rings (SSSR count). The lowest BCUT2D eigenvalue weighted by atomic mass is 9.97. The molecule has 0 saturated heterocycles. The molecule has 1 aromatic heterocycles. The topological polar surface area (TPSA) is 53.8 Å². The van der Waals surface area contributed by atoms with Gasteiger partial charge in [-0.05, 0) is 57.7 Å². The summed E-state index contributed by atoms with van der Waals surface area (Å²) < 4.78 is 20.6. The molecule has 0 spiro atoms. The van der Waals surface area contributed by atoms with Gasteiger partial charge in [-0.15, -0.1) is 0 Å². The lowest BCUT2D eigenvalue weighted by molar-refractivity contribution is 0.0720. The summed E-state index contributed by atoms with van der Waals surface area (Å²) in [6.07, 6.45) is 0.677. The van der Waals surface area contributed by atoms with Gasteiger partial charge in [0.05, 0.1) is 17.0 Å². The second-order valence-electron chi connectivity index (χ2n) is 7.85. The Labute approximate surface area is 178 Å². The van der Waals surface area contributed by atoms with E-state index in [-0.39, 0.29) is 27.7 Å². The van der Waals surface area contributed by atoms with Gasteiger partial charge in [-0.3, -0.25) is 9.59 Å². The molecule has 7 heteroatoms. The molecule has 0 bridgehead atoms. The van der Waals surface area contributed by atoms with Crippen molar-refractivity contribution in [3.8, 4) is 0 Å². The Bertz CT molecular complexity index is 1210. The highest BCUT2D eigenvalue weighted by Gasteiger charge is 2.43. The quantitative estimate of drug-likeness (QED) is 0.604. The predicted octanol–water partition coefficient (Wildman–Crippen LogP) is 4.39. The van der Waals surface area contributed by atoms with Gasteiger partial charge < -0.3 is 14.2 Å². The lowest BCUT2D eigenvalue weighted by Crippen LogP contribution is -2.32. The van der Waals surface area contributed by atoms with E-state index in [9.17, 15) is 14.0 Å². The van der Waals surface area contributed by atoms with E-state index >= 15 is 0 Å². The Balaban J connectivity index is 1.93. The minimum Gasteiger partial charge on any atom is -0.450 e. The van der Waals surface area contributed by atoms with Gasteiger partial charge in [0.25, 0.3) is 5.91 Å². The Morgan fingerprint density at radius 1 is 1.20 bits per heavy atom. The van der Waals surface area contributed by atoms with Gasteiger partial charge in [0.1, 0.15) is 11.4 Å². The molecule has 2 heterocycles. The van der Waals surface area contributed by atoms with Crippen molar-refractivity contribution >= 4 is 28.5 Å². The molecule has 0 N–H and O–H groups in total. The van der Waals surface area contributed by atoms with Crippen LogP contribution >= 0.6 is 11.6 Å². The zero-order valence-electron chi connectivity index (χ0n) is 17.0. The molecule has 0 fully saturated rings. The summed E-state index contributed by atoms with van der Waals surface area (Å²) in [5, 5.41) is 0.720. The van der Waals surface area contributed by atoms with Crippen molar-refractivity contribution in [2.24, 2.45) is 0 Å². The minimum atomic E-state index is -0.836. The van der Waals surface area contributed by atoms with Crippen molar-refractivity contribution in [2.75, 3.05) is 27.2 Å². The summed E-state index contributed by atoms with van der Waals surface area (Å²) in [7, 11) is 3.89. The average molecular weight is 429 g/mol. The van der Waals surface area contributed by atoms with Crippen LogP contribution in [0, 0.1) is 12.7 Å². The van der Waals surface area contributed by atoms with Gasteiger partial charge in [-0.1, -0.05) is 29.8 Å². The Kier molecular flexibility index (Phi) is 5.38. The van der Waals surface area contributed by atoms with Crippen LogP contribution in [0.25, 0.3) is 11.0 Å². The zero-order chi connectivity index (χ0) is 21.6. The molecule has 0 radical (unpaired) electrons. The zero-order valence-corrected chi connectivity index (χ0v) is 17.8. The van der Waals surface area contributed by atoms with Gasteiger partial charge in [0.2, 0.25) is 5.76 Å². The van der Waals surface area contributed by atoms with Crippen molar-refractivity contribution in [1.82, 2.24) is 9.80 Å². The molecule has 1 amide bonds. The van der Waals surface area contributed by atoms with E-state index in [0.29, 0.717) is 23.6 Å². The first-order valence-corrected chi connectivity index (χ1v) is 10.1. The van der Waals surface area contributed by atoms with Crippen LogP contribution in [0.4, 0.5) is 4.39 Å². The normalized spacial score (nSPS) is 16.0. The van der Waals surface area contributed by atoms with E-state index in [1.807, 2.05) is 19.0 Å². The highest BCUT2D eigenvalue weighted by atomic mass is 35.5. The van der Waals surface area contributed by atoms with Crippen LogP contribution in [-0.2, 0) is 0 Å². The van der Waals surface area contributed by atoms with E-state index in [2.05, 4.69) is 0 Å². The number of aryl methyl sites for hydroxylation is 1. The monoisotopic (exact) mass is 428 g/mol. The predicted molar refractivity (Wildman–Crippen MR) is 115 cm³/mol. The highest BCUT2D eigenvalue weighted by molar-refractivity contribution is 6.32. The fourth-order valence-electron chi connectivity index (χ4n) is 3.95. The van der Waals surface area contributed by atoms with Crippen LogP contribution in [0.1, 0.15) is 39.7 Å². The molecule has 1 aliphatic rings. The highest BCUT2D eigenvalue weighted by Crippen LogP contribution is 2.39. The molecule has 5 nitrogen and oxygen atoms in total. The number of carbonyl (C=O) groups excluding carboxylic acids is 1. The number of rotatable bonds is 5. The summed E-state index contributed by atoms with van der Waals surface area (Å²) in [6, 6.07) is 8.58. The first kappa shape index (κ1) is 20.6. The molecular formula is C23H22ClFN2O3. The molecule has 0 unspecified atom stereocenters. The SMILES string of the molecule is Cc1cc2oc3c(c(=O)c2cc1Cl)[C@@H](c1ccccc1F)N(CCCN(C)C)C3=O. The first-order valence-electron chi connectivity index (χ1n) is 9.76. The third-order valence-corrected chi connectivity index (χ3v) is 5.86. The number of carbonyl (C=O) groups is 1. The van der Waals surface area contributed by atoms with Crippen molar-refractivity contribution in [3.05, 3.63) is 79.9 Å². The number of benzene rings is 2. The molecule has 156 valence electrons. The van der Waals surface area contributed by atoms with E-state index < -0.39 is 17.8 Å². The minimum absolute atomic E-state index is 0.0210. The van der Waals surface area contributed by atoms with Gasteiger partial charge in [-0.2, -0.15) is 0 Å². The molecule has 1 aliphatic heterocycles. The fourth-order valence-corrected chi connectivity index (χ4v) is 4.11. The summed E-state index contributed by atoms with van der Waals surface area (Å²) in [5.41, 5.74) is 1.13. The second-order valence-corrected chi connectivity index (χ2v) is 8.26. The van der Waals surface area contributed by atoms with E-state index in [1.54, 1.807) is 37.3 Å². The molecular weight excluding hydrogens is 407 g/mol. The molecule has 1 atom stereocenters. The van der Waals surface area contributed by atoms with Gasteiger partial charge in [0, 0.05) is 17.1 Å². The van der Waals surface area contributed by atoms with E-state index in [0.717, 1.165) is 12.1 Å². The maximum Gasteiger partial charge on any atom is 0.290 e. The Morgan fingerprint density at radius 2 is 1.93 bits per heavy atom. The summed E-state index contributed by atoms with van der Waals surface area (Å²) in [4.78, 5) is 30.2. The van der Waals surface area contributed by atoms with Crippen LogP contribution in [0.15, 0.2) is 45.6 Å². The summed E-state index contributed by atoms with van der Waals surface area (Å²) in [5.74, 6) is -0.891. The third kappa shape index (κ3) is 3.40. The Morgan fingerprint density at radius 3 is 2.63 bits per heavy atom. The van der Waals surface area contributed by atoms with Crippen LogP contribution in [0.2, 0.25) is 5.02 Å². The number of nitrogens with zero attached hydrogens (tertiary/aromatic N) is 2. The largest absolute Gasteiger partial charge is 0.450 e. The number of halogens is 2. The average Bonchev–Trinajstić information content (AvgIpc) is 2.96. The van der Waals surface area contributed by atoms with Crippen molar-refractivity contribution in [2.45, 2.75) is 19.4 Å². The summed E-state index contributed by atoms with van der Waals surface area (Å²) in [6.45, 7) is 2.92. The van der Waals surface area contributed by atoms with Crippen LogP contribution < -0.4 is 5.43 Å². The van der Waals surface area contributed by atoms with Crippen molar-refractivity contribution < 1.29 is 13.6 Å². The van der Waals surface area contributed by atoms with Crippen LogP contribution in [0.3, 0.4) is 0 Å². The number of fused-ring (bicyclic) bond motifs is 2. The van der Waals surface area contributed by atoms with E-state index in [1.165, 1.54) is 11.0 Å². The Hall–Kier alpha value is -2.70. The number of hydrogen-bond acceptors (Lipinski definition) is 4. The molecule has 30 heavy (non-hydrogen) atoms. The molecule has 2 aromatic carbocycles. The van der Waals surface area contributed by atoms with E-state index in [4.69, 9.17) is 16.0 Å². The number of amides is 1. The van der Waals surface area contributed by atoms with Crippen molar-refractivity contribution in [3.63, 3.8) is 0 Å². The maximum absolute atomic E-state index is 14.7. The smallest absolute Gasteiger partial charge is 0.290 e. The van der Waals surface area contributed by atoms with Gasteiger partial charge in [-0.25, -0.2) is 4.39 Å². The second kappa shape index (κ2) is 7.85. The van der Waals surface area contributed by atoms with Crippen molar-refractivity contribution in [1.29, 1.82) is 0 Å². The van der Waals surface area contributed by atoms with Gasteiger partial charge in [0.15, 0.2) is 5.43 Å². The van der Waals surface area contributed by atoms with Gasteiger partial charge >= 0.3 is 0 Å². The van der Waals surface area contributed by atoms with Crippen LogP contribution in [0.5, 0.6) is 0 Å². The first-order chi connectivity index (χ1) is 14.3. The summed E-state index contributed by atoms with van der Waals surface area (Å²) >= 11 is 6.22. The number of hydrogen-bond donors (Lipinski definition) is 0. The fraction of sp³-hybridized carbons (Fsp3) is 0.304. The maximum atomic E-state index is 14.7.